The molecule has 2 rings (SSSR count). The molecule has 20 heavy (non-hydrogen) atoms. The van der Waals surface area contributed by atoms with Crippen LogP contribution in [-0.2, 0) is 6.54 Å². The van der Waals surface area contributed by atoms with Gasteiger partial charge in [0.15, 0.2) is 0 Å². The number of carboxylic acids is 1. The molecule has 0 unspecified atom stereocenters. The van der Waals surface area contributed by atoms with Gasteiger partial charge in [0.05, 0.1) is 6.33 Å². The Morgan fingerprint density at radius 1 is 1.35 bits per heavy atom. The van der Waals surface area contributed by atoms with E-state index in [4.69, 9.17) is 9.84 Å². The van der Waals surface area contributed by atoms with E-state index in [2.05, 4.69) is 10.3 Å². The van der Waals surface area contributed by atoms with Crippen molar-refractivity contribution in [3.8, 4) is 5.75 Å². The number of benzene rings is 1. The number of aromatic nitrogens is 2. The third-order valence-corrected chi connectivity index (χ3v) is 2.76. The van der Waals surface area contributed by atoms with Gasteiger partial charge >= 0.3 is 5.97 Å². The standard InChI is InChI=1S/C14H17N3O3/c18-14(19)12-3-1-2-4-13(12)20-10-7-15-5-8-17-9-6-16-11-17/h1-4,6,9,11,15H,5,7-8,10H2,(H,18,19). The Morgan fingerprint density at radius 2 is 2.20 bits per heavy atom. The average Bonchev–Trinajstić information content (AvgIpc) is 2.96. The summed E-state index contributed by atoms with van der Waals surface area (Å²) in [6.07, 6.45) is 5.41. The molecule has 6 nitrogen and oxygen atoms in total. The normalized spacial score (nSPS) is 10.4. The van der Waals surface area contributed by atoms with Crippen molar-refractivity contribution in [2.24, 2.45) is 0 Å². The summed E-state index contributed by atoms with van der Waals surface area (Å²) in [6.45, 7) is 2.73. The van der Waals surface area contributed by atoms with Crippen molar-refractivity contribution in [1.29, 1.82) is 0 Å². The monoisotopic (exact) mass is 275 g/mol. The van der Waals surface area contributed by atoms with Crippen LogP contribution in [0.2, 0.25) is 0 Å². The van der Waals surface area contributed by atoms with Gasteiger partial charge in [0.2, 0.25) is 0 Å². The smallest absolute Gasteiger partial charge is 0.339 e. The van der Waals surface area contributed by atoms with Gasteiger partial charge in [-0.15, -0.1) is 0 Å². The molecule has 2 aromatic rings. The molecule has 0 amide bonds. The second kappa shape index (κ2) is 7.30. The van der Waals surface area contributed by atoms with Crippen LogP contribution in [0.15, 0.2) is 43.0 Å². The van der Waals surface area contributed by atoms with Crippen molar-refractivity contribution in [2.45, 2.75) is 6.54 Å². The molecule has 0 saturated heterocycles. The van der Waals surface area contributed by atoms with E-state index in [0.717, 1.165) is 13.1 Å². The van der Waals surface area contributed by atoms with Gasteiger partial charge in [0, 0.05) is 32.0 Å². The fraction of sp³-hybridized carbons (Fsp3) is 0.286. The maximum atomic E-state index is 11.0. The van der Waals surface area contributed by atoms with Gasteiger partial charge in [-0.1, -0.05) is 12.1 Å². The molecule has 0 aliphatic carbocycles. The summed E-state index contributed by atoms with van der Waals surface area (Å²) >= 11 is 0. The van der Waals surface area contributed by atoms with Crippen LogP contribution in [0.1, 0.15) is 10.4 Å². The lowest BCUT2D eigenvalue weighted by molar-refractivity contribution is 0.0692. The van der Waals surface area contributed by atoms with Crippen LogP contribution in [0.3, 0.4) is 0 Å². The number of hydrogen-bond acceptors (Lipinski definition) is 4. The molecule has 0 fully saturated rings. The third kappa shape index (κ3) is 4.10. The zero-order valence-corrected chi connectivity index (χ0v) is 11.0. The largest absolute Gasteiger partial charge is 0.491 e. The topological polar surface area (TPSA) is 76.4 Å². The predicted molar refractivity (Wildman–Crippen MR) is 74.0 cm³/mol. The van der Waals surface area contributed by atoms with Crippen LogP contribution in [0.4, 0.5) is 0 Å². The summed E-state index contributed by atoms with van der Waals surface area (Å²) in [5, 5.41) is 12.2. The summed E-state index contributed by atoms with van der Waals surface area (Å²) < 4.78 is 7.45. The Kier molecular flexibility index (Phi) is 5.14. The first-order valence-corrected chi connectivity index (χ1v) is 6.39. The molecule has 1 aromatic carbocycles. The fourth-order valence-corrected chi connectivity index (χ4v) is 1.75. The zero-order chi connectivity index (χ0) is 14.2. The fourth-order valence-electron chi connectivity index (χ4n) is 1.75. The Hall–Kier alpha value is -2.34. The summed E-state index contributed by atoms with van der Waals surface area (Å²) in [5.74, 6) is -0.579. The number of ether oxygens (including phenoxy) is 1. The van der Waals surface area contributed by atoms with Gasteiger partial charge in [-0.2, -0.15) is 0 Å². The van der Waals surface area contributed by atoms with Gasteiger partial charge in [-0.3, -0.25) is 0 Å². The van der Waals surface area contributed by atoms with Crippen molar-refractivity contribution in [3.05, 3.63) is 48.5 Å². The average molecular weight is 275 g/mol. The highest BCUT2D eigenvalue weighted by Gasteiger charge is 2.09. The van der Waals surface area contributed by atoms with Crippen LogP contribution < -0.4 is 10.1 Å². The highest BCUT2D eigenvalue weighted by Crippen LogP contribution is 2.17. The van der Waals surface area contributed by atoms with Gasteiger partial charge in [0.1, 0.15) is 17.9 Å². The number of imidazole rings is 1. The number of nitrogens with one attached hydrogen (secondary N) is 1. The Balaban J connectivity index is 1.67. The molecular weight excluding hydrogens is 258 g/mol. The number of carbonyl (C=O) groups is 1. The summed E-state index contributed by atoms with van der Waals surface area (Å²) in [7, 11) is 0. The minimum atomic E-state index is -0.978. The molecule has 6 heteroatoms. The molecule has 0 bridgehead atoms. The minimum absolute atomic E-state index is 0.186. The Bertz CT molecular complexity index is 540. The lowest BCUT2D eigenvalue weighted by Gasteiger charge is -2.09. The molecule has 1 heterocycles. The summed E-state index contributed by atoms with van der Waals surface area (Å²) in [5.41, 5.74) is 0.186. The van der Waals surface area contributed by atoms with Crippen molar-refractivity contribution in [3.63, 3.8) is 0 Å². The van der Waals surface area contributed by atoms with Gasteiger partial charge in [-0.25, -0.2) is 9.78 Å². The highest BCUT2D eigenvalue weighted by molar-refractivity contribution is 5.90. The van der Waals surface area contributed by atoms with E-state index in [0.29, 0.717) is 18.9 Å². The second-order valence-electron chi connectivity index (χ2n) is 4.20. The maximum Gasteiger partial charge on any atom is 0.339 e. The first-order chi connectivity index (χ1) is 9.77. The number of nitrogens with zero attached hydrogens (tertiary/aromatic N) is 2. The third-order valence-electron chi connectivity index (χ3n) is 2.76. The lowest BCUT2D eigenvalue weighted by Crippen LogP contribution is -2.25. The summed E-state index contributed by atoms with van der Waals surface area (Å²) in [6, 6.07) is 6.63. The molecule has 0 spiro atoms. The van der Waals surface area contributed by atoms with Crippen molar-refractivity contribution in [1.82, 2.24) is 14.9 Å². The van der Waals surface area contributed by atoms with Crippen molar-refractivity contribution >= 4 is 5.97 Å². The van der Waals surface area contributed by atoms with Crippen molar-refractivity contribution < 1.29 is 14.6 Å². The lowest BCUT2D eigenvalue weighted by atomic mass is 10.2. The SMILES string of the molecule is O=C(O)c1ccccc1OCCNCCn1ccnc1. The Labute approximate surface area is 117 Å². The van der Waals surface area contributed by atoms with Gasteiger partial charge in [0.25, 0.3) is 0 Å². The molecule has 0 aliphatic rings. The number of para-hydroxylation sites is 1. The number of rotatable bonds is 8. The van der Waals surface area contributed by atoms with Crippen LogP contribution in [0.5, 0.6) is 5.75 Å². The molecular formula is C14H17N3O3. The van der Waals surface area contributed by atoms with E-state index in [1.165, 1.54) is 6.07 Å². The maximum absolute atomic E-state index is 11.0. The number of carboxylic acid groups (broad SMARTS) is 1. The highest BCUT2D eigenvalue weighted by atomic mass is 16.5. The van der Waals surface area contributed by atoms with E-state index in [9.17, 15) is 4.79 Å². The van der Waals surface area contributed by atoms with Crippen LogP contribution in [0.25, 0.3) is 0 Å². The van der Waals surface area contributed by atoms with E-state index < -0.39 is 5.97 Å². The quantitative estimate of drug-likeness (QED) is 0.709. The van der Waals surface area contributed by atoms with Crippen molar-refractivity contribution in [2.75, 3.05) is 19.7 Å². The Morgan fingerprint density at radius 3 is 2.95 bits per heavy atom. The molecule has 1 aromatic heterocycles. The van der Waals surface area contributed by atoms with E-state index in [1.807, 2.05) is 10.8 Å². The molecule has 2 N–H and O–H groups in total. The molecule has 0 aliphatic heterocycles. The summed E-state index contributed by atoms with van der Waals surface area (Å²) in [4.78, 5) is 14.9. The molecule has 0 saturated carbocycles. The second-order valence-corrected chi connectivity index (χ2v) is 4.20. The zero-order valence-electron chi connectivity index (χ0n) is 11.0. The van der Waals surface area contributed by atoms with E-state index >= 15 is 0 Å². The molecule has 106 valence electrons. The number of hydrogen-bond donors (Lipinski definition) is 2. The minimum Gasteiger partial charge on any atom is -0.491 e. The predicted octanol–water partition coefficient (Wildman–Crippen LogP) is 1.25. The van der Waals surface area contributed by atoms with Crippen LogP contribution in [0, 0.1) is 0 Å². The van der Waals surface area contributed by atoms with Crippen LogP contribution >= 0.6 is 0 Å². The number of aromatic carboxylic acids is 1. The van der Waals surface area contributed by atoms with Gasteiger partial charge in [-0.05, 0) is 12.1 Å². The first-order valence-electron chi connectivity index (χ1n) is 6.39. The van der Waals surface area contributed by atoms with Gasteiger partial charge < -0.3 is 19.7 Å². The van der Waals surface area contributed by atoms with Crippen LogP contribution in [-0.4, -0.2) is 40.3 Å². The molecule has 0 radical (unpaired) electrons. The first kappa shape index (κ1) is 14.1. The molecule has 0 atom stereocenters. The van der Waals surface area contributed by atoms with E-state index in [1.54, 1.807) is 30.7 Å². The van der Waals surface area contributed by atoms with E-state index in [-0.39, 0.29) is 5.56 Å².